The number of para-hydroxylation sites is 1. The van der Waals surface area contributed by atoms with E-state index >= 15 is 0 Å². The number of amides is 2. The maximum absolute atomic E-state index is 14.0. The van der Waals surface area contributed by atoms with Crippen LogP contribution in [0.15, 0.2) is 83.8 Å². The van der Waals surface area contributed by atoms with Crippen LogP contribution in [0.5, 0.6) is 5.75 Å². The van der Waals surface area contributed by atoms with Crippen molar-refractivity contribution in [3.05, 3.63) is 90.2 Å². The molecule has 0 aliphatic rings. The molecule has 0 heterocycles. The Bertz CT molecular complexity index is 1370. The van der Waals surface area contributed by atoms with Gasteiger partial charge in [-0.1, -0.05) is 44.2 Å². The number of carbonyl (C=O) groups is 2. The largest absolute Gasteiger partial charge is 0.497 e. The van der Waals surface area contributed by atoms with Crippen molar-refractivity contribution in [1.82, 2.24) is 10.2 Å². The molecule has 2 amide bonds. The molecule has 1 N–H and O–H groups in total. The molecule has 10 heteroatoms. The number of anilines is 1. The van der Waals surface area contributed by atoms with Gasteiger partial charge in [-0.15, -0.1) is 0 Å². The first-order valence-electron chi connectivity index (χ1n) is 13.2. The second-order valence-corrected chi connectivity index (χ2v) is 11.3. The molecule has 3 aromatic rings. The first-order valence-corrected chi connectivity index (χ1v) is 14.6. The molecule has 3 rings (SSSR count). The van der Waals surface area contributed by atoms with Crippen molar-refractivity contribution in [1.29, 1.82) is 0 Å². The Kier molecular flexibility index (Phi) is 10.7. The van der Waals surface area contributed by atoms with Gasteiger partial charge in [-0.2, -0.15) is 0 Å². The van der Waals surface area contributed by atoms with E-state index in [4.69, 9.17) is 4.74 Å². The van der Waals surface area contributed by atoms with Crippen molar-refractivity contribution in [3.63, 3.8) is 0 Å². The minimum atomic E-state index is -4.25. The van der Waals surface area contributed by atoms with Crippen molar-refractivity contribution in [2.45, 2.75) is 57.1 Å². The van der Waals surface area contributed by atoms with E-state index in [0.29, 0.717) is 18.6 Å². The maximum Gasteiger partial charge on any atom is 0.264 e. The lowest BCUT2D eigenvalue weighted by atomic mass is 10.1. The van der Waals surface area contributed by atoms with Gasteiger partial charge >= 0.3 is 0 Å². The highest BCUT2D eigenvalue weighted by atomic mass is 32.2. The molecule has 0 bridgehead atoms. The number of carbonyl (C=O) groups excluding carboxylic acids is 2. The normalized spacial score (nSPS) is 12.7. The van der Waals surface area contributed by atoms with E-state index in [-0.39, 0.29) is 29.1 Å². The zero-order valence-electron chi connectivity index (χ0n) is 23.2. The third kappa shape index (κ3) is 7.59. The van der Waals surface area contributed by atoms with Crippen LogP contribution in [0.1, 0.15) is 39.2 Å². The molecular weight excluding hydrogens is 533 g/mol. The highest BCUT2D eigenvalue weighted by Crippen LogP contribution is 2.25. The molecule has 0 aromatic heterocycles. The van der Waals surface area contributed by atoms with Gasteiger partial charge in [-0.25, -0.2) is 12.8 Å². The van der Waals surface area contributed by atoms with Crippen molar-refractivity contribution >= 4 is 27.5 Å². The molecular formula is C30H36FN3O5S. The third-order valence-electron chi connectivity index (χ3n) is 6.62. The molecule has 3 aromatic carbocycles. The molecule has 0 aliphatic heterocycles. The van der Waals surface area contributed by atoms with Crippen LogP contribution >= 0.6 is 0 Å². The zero-order valence-corrected chi connectivity index (χ0v) is 24.0. The summed E-state index contributed by atoms with van der Waals surface area (Å²) in [5, 5.41) is 2.95. The molecule has 0 saturated heterocycles. The van der Waals surface area contributed by atoms with Crippen LogP contribution in [0.2, 0.25) is 0 Å². The van der Waals surface area contributed by atoms with E-state index < -0.39 is 34.3 Å². The summed E-state index contributed by atoms with van der Waals surface area (Å²) in [4.78, 5) is 28.5. The van der Waals surface area contributed by atoms with Crippen molar-refractivity contribution in [3.8, 4) is 5.75 Å². The lowest BCUT2D eigenvalue weighted by Gasteiger charge is -2.33. The number of methoxy groups -OCH3 is 1. The van der Waals surface area contributed by atoms with E-state index in [1.807, 2.05) is 13.8 Å². The highest BCUT2D eigenvalue weighted by molar-refractivity contribution is 7.92. The molecule has 2 atom stereocenters. The third-order valence-corrected chi connectivity index (χ3v) is 8.41. The number of hydrogen-bond acceptors (Lipinski definition) is 5. The minimum absolute atomic E-state index is 0.0779. The molecule has 0 radical (unpaired) electrons. The Morgan fingerprint density at radius 2 is 1.55 bits per heavy atom. The number of nitrogens with one attached hydrogen (secondary N) is 1. The van der Waals surface area contributed by atoms with Crippen LogP contribution in [0.3, 0.4) is 0 Å². The monoisotopic (exact) mass is 569 g/mol. The maximum atomic E-state index is 14.0. The van der Waals surface area contributed by atoms with Gasteiger partial charge in [-0.05, 0) is 73.9 Å². The zero-order chi connectivity index (χ0) is 29.3. The number of sulfonamides is 1. The molecule has 0 unspecified atom stereocenters. The van der Waals surface area contributed by atoms with Gasteiger partial charge in [0, 0.05) is 12.6 Å². The Balaban J connectivity index is 2.02. The second-order valence-electron chi connectivity index (χ2n) is 9.41. The Labute approximate surface area is 235 Å². The number of hydrogen-bond donors (Lipinski definition) is 1. The second kappa shape index (κ2) is 13.9. The topological polar surface area (TPSA) is 96.0 Å². The van der Waals surface area contributed by atoms with E-state index in [1.54, 1.807) is 68.6 Å². The number of rotatable bonds is 13. The van der Waals surface area contributed by atoms with Gasteiger partial charge < -0.3 is 15.0 Å². The van der Waals surface area contributed by atoms with Gasteiger partial charge in [0.2, 0.25) is 11.8 Å². The Morgan fingerprint density at radius 3 is 2.10 bits per heavy atom. The van der Waals surface area contributed by atoms with Crippen LogP contribution < -0.4 is 14.4 Å². The number of benzene rings is 3. The molecule has 8 nitrogen and oxygen atoms in total. The predicted octanol–water partition coefficient (Wildman–Crippen LogP) is 4.75. The predicted molar refractivity (Wildman–Crippen MR) is 153 cm³/mol. The average Bonchev–Trinajstić information content (AvgIpc) is 2.96. The quantitative estimate of drug-likeness (QED) is 0.321. The lowest BCUT2D eigenvalue weighted by Crippen LogP contribution is -2.53. The molecule has 0 aliphatic carbocycles. The van der Waals surface area contributed by atoms with E-state index in [2.05, 4.69) is 5.32 Å². The van der Waals surface area contributed by atoms with Crippen LogP contribution in [0.4, 0.5) is 10.1 Å². The molecule has 214 valence electrons. The summed E-state index contributed by atoms with van der Waals surface area (Å²) in [7, 11) is -2.70. The van der Waals surface area contributed by atoms with Crippen LogP contribution in [-0.4, -0.2) is 50.9 Å². The molecule has 0 saturated carbocycles. The molecule has 40 heavy (non-hydrogen) atoms. The summed E-state index contributed by atoms with van der Waals surface area (Å²) in [6.45, 7) is 5.15. The van der Waals surface area contributed by atoms with Crippen molar-refractivity contribution in [2.75, 3.05) is 18.0 Å². The lowest BCUT2D eigenvalue weighted by molar-refractivity contribution is -0.140. The summed E-state index contributed by atoms with van der Waals surface area (Å²) in [6, 6.07) is 18.8. The first-order chi connectivity index (χ1) is 19.1. The van der Waals surface area contributed by atoms with Gasteiger partial charge in [0.25, 0.3) is 10.0 Å². The van der Waals surface area contributed by atoms with Gasteiger partial charge in [-0.3, -0.25) is 13.9 Å². The fraction of sp³-hybridized carbons (Fsp3) is 0.333. The first kappa shape index (κ1) is 30.6. The fourth-order valence-electron chi connectivity index (χ4n) is 4.15. The van der Waals surface area contributed by atoms with Crippen molar-refractivity contribution in [2.24, 2.45) is 0 Å². The standard InChI is InChI=1S/C30H36FN3O5S/c1-5-22(3)32-30(36)28(6-2)33(20-23-12-16-26(39-4)17-13-23)29(35)21-34(25-10-8-7-9-11-25)40(37,38)27-18-14-24(31)15-19-27/h7-19,22,28H,5-6,20-21H2,1-4H3,(H,32,36)/t22-,28-/m1/s1. The molecule has 0 spiro atoms. The minimum Gasteiger partial charge on any atom is -0.497 e. The van der Waals surface area contributed by atoms with Gasteiger partial charge in [0.05, 0.1) is 17.7 Å². The van der Waals surface area contributed by atoms with E-state index in [1.165, 1.54) is 4.90 Å². The van der Waals surface area contributed by atoms with E-state index in [9.17, 15) is 22.4 Å². The van der Waals surface area contributed by atoms with Crippen LogP contribution in [-0.2, 0) is 26.2 Å². The summed E-state index contributed by atoms with van der Waals surface area (Å²) in [5.74, 6) is -0.809. The average molecular weight is 570 g/mol. The highest BCUT2D eigenvalue weighted by Gasteiger charge is 2.34. The van der Waals surface area contributed by atoms with Crippen LogP contribution in [0.25, 0.3) is 0 Å². The number of nitrogens with zero attached hydrogens (tertiary/aromatic N) is 2. The summed E-state index contributed by atoms with van der Waals surface area (Å²) in [6.07, 6.45) is 1.03. The van der Waals surface area contributed by atoms with Gasteiger partial charge in [0.1, 0.15) is 24.2 Å². The summed E-state index contributed by atoms with van der Waals surface area (Å²) < 4.78 is 47.3. The smallest absolute Gasteiger partial charge is 0.264 e. The summed E-state index contributed by atoms with van der Waals surface area (Å²) in [5.41, 5.74) is 1.01. The Morgan fingerprint density at radius 1 is 0.925 bits per heavy atom. The van der Waals surface area contributed by atoms with Crippen molar-refractivity contribution < 1.29 is 27.1 Å². The number of halogens is 1. The Hall–Kier alpha value is -3.92. The van der Waals surface area contributed by atoms with Gasteiger partial charge in [0.15, 0.2) is 0 Å². The van der Waals surface area contributed by atoms with Crippen LogP contribution in [0, 0.1) is 5.82 Å². The van der Waals surface area contributed by atoms with E-state index in [0.717, 1.165) is 34.1 Å². The fourth-order valence-corrected chi connectivity index (χ4v) is 5.56. The number of ether oxygens (including phenoxy) is 1. The summed E-state index contributed by atoms with van der Waals surface area (Å²) >= 11 is 0. The SMILES string of the molecule is CC[C@@H](C)NC(=O)[C@@H](CC)N(Cc1ccc(OC)cc1)C(=O)CN(c1ccccc1)S(=O)(=O)c1ccc(F)cc1. The molecule has 0 fully saturated rings.